The zero-order chi connectivity index (χ0) is 21.5. The van der Waals surface area contributed by atoms with Crippen LogP contribution in [0.2, 0.25) is 0 Å². The summed E-state index contributed by atoms with van der Waals surface area (Å²) in [6.45, 7) is 1.45. The van der Waals surface area contributed by atoms with Gasteiger partial charge < -0.3 is 10.6 Å². The lowest BCUT2D eigenvalue weighted by molar-refractivity contribution is -0.113. The first-order chi connectivity index (χ1) is 14.4. The molecular weight excluding hydrogens is 383 g/mol. The van der Waals surface area contributed by atoms with Gasteiger partial charge in [-0.25, -0.2) is 4.39 Å². The fourth-order valence-corrected chi connectivity index (χ4v) is 2.68. The molecule has 0 aliphatic heterocycles. The van der Waals surface area contributed by atoms with Crippen LogP contribution in [0.25, 0.3) is 6.08 Å². The minimum absolute atomic E-state index is 0.0943. The average Bonchev–Trinajstić information content (AvgIpc) is 2.75. The number of Topliss-reactive ketones (excluding diaryl/α,β-unsaturated/α-hetero) is 1. The van der Waals surface area contributed by atoms with Crippen molar-refractivity contribution in [2.24, 2.45) is 0 Å². The number of carbonyl (C=O) groups is 3. The van der Waals surface area contributed by atoms with Crippen molar-refractivity contribution < 1.29 is 18.8 Å². The SMILES string of the molecule is CC(=O)c1ccc(NC(=O)/C(=C\c2ccccc2F)NC(=O)c2ccccc2)cc1. The molecule has 6 heteroatoms. The van der Waals surface area contributed by atoms with Gasteiger partial charge in [-0.15, -0.1) is 0 Å². The van der Waals surface area contributed by atoms with E-state index in [0.29, 0.717) is 16.8 Å². The number of amides is 2. The van der Waals surface area contributed by atoms with Crippen LogP contribution in [-0.2, 0) is 4.79 Å². The Labute approximate surface area is 173 Å². The summed E-state index contributed by atoms with van der Waals surface area (Å²) < 4.78 is 14.1. The van der Waals surface area contributed by atoms with Crippen LogP contribution in [0.4, 0.5) is 10.1 Å². The van der Waals surface area contributed by atoms with Gasteiger partial charge in [0.2, 0.25) is 0 Å². The van der Waals surface area contributed by atoms with E-state index >= 15 is 0 Å². The van der Waals surface area contributed by atoms with Crippen molar-refractivity contribution in [1.29, 1.82) is 0 Å². The molecule has 0 atom stereocenters. The summed E-state index contributed by atoms with van der Waals surface area (Å²) in [5, 5.41) is 5.20. The summed E-state index contributed by atoms with van der Waals surface area (Å²) in [6, 6.07) is 20.6. The number of benzene rings is 3. The molecule has 2 N–H and O–H groups in total. The van der Waals surface area contributed by atoms with E-state index < -0.39 is 17.6 Å². The van der Waals surface area contributed by atoms with Crippen molar-refractivity contribution in [3.8, 4) is 0 Å². The number of halogens is 1. The highest BCUT2D eigenvalue weighted by molar-refractivity contribution is 6.10. The maximum Gasteiger partial charge on any atom is 0.272 e. The zero-order valence-electron chi connectivity index (χ0n) is 16.2. The second-order valence-electron chi connectivity index (χ2n) is 6.49. The molecule has 0 bridgehead atoms. The molecule has 0 spiro atoms. The van der Waals surface area contributed by atoms with Crippen LogP contribution in [0.1, 0.15) is 33.2 Å². The lowest BCUT2D eigenvalue weighted by Gasteiger charge is -2.12. The average molecular weight is 402 g/mol. The van der Waals surface area contributed by atoms with Gasteiger partial charge in [0.1, 0.15) is 11.5 Å². The molecule has 0 saturated heterocycles. The largest absolute Gasteiger partial charge is 0.321 e. The van der Waals surface area contributed by atoms with Gasteiger partial charge in [-0.2, -0.15) is 0 Å². The summed E-state index contributed by atoms with van der Waals surface area (Å²) in [5.41, 5.74) is 1.33. The first-order valence-electron chi connectivity index (χ1n) is 9.19. The summed E-state index contributed by atoms with van der Waals surface area (Å²) in [6.07, 6.45) is 1.27. The maximum atomic E-state index is 14.1. The summed E-state index contributed by atoms with van der Waals surface area (Å²) in [4.78, 5) is 36.8. The minimum atomic E-state index is -0.627. The molecule has 150 valence electrons. The third-order valence-corrected chi connectivity index (χ3v) is 4.28. The van der Waals surface area contributed by atoms with E-state index in [1.165, 1.54) is 31.2 Å². The quantitative estimate of drug-likeness (QED) is 0.473. The van der Waals surface area contributed by atoms with Crippen LogP contribution in [0.15, 0.2) is 84.6 Å². The number of rotatable bonds is 6. The van der Waals surface area contributed by atoms with Gasteiger partial charge >= 0.3 is 0 Å². The van der Waals surface area contributed by atoms with E-state index in [4.69, 9.17) is 0 Å². The molecule has 3 aromatic rings. The van der Waals surface area contributed by atoms with E-state index in [1.54, 1.807) is 60.7 Å². The fourth-order valence-electron chi connectivity index (χ4n) is 2.68. The van der Waals surface area contributed by atoms with Crippen molar-refractivity contribution in [3.63, 3.8) is 0 Å². The van der Waals surface area contributed by atoms with E-state index in [9.17, 15) is 18.8 Å². The third-order valence-electron chi connectivity index (χ3n) is 4.28. The van der Waals surface area contributed by atoms with Gasteiger partial charge in [0.05, 0.1) is 0 Å². The summed E-state index contributed by atoms with van der Waals surface area (Å²) in [7, 11) is 0. The van der Waals surface area contributed by atoms with Crippen LogP contribution in [0, 0.1) is 5.82 Å². The Bertz CT molecular complexity index is 1110. The number of ketones is 1. The van der Waals surface area contributed by atoms with Gasteiger partial charge in [0.15, 0.2) is 5.78 Å². The van der Waals surface area contributed by atoms with Crippen molar-refractivity contribution in [1.82, 2.24) is 5.32 Å². The standard InChI is InChI=1S/C24H19FN2O3/c1-16(28)17-11-13-20(14-12-17)26-24(30)22(15-19-9-5-6-10-21(19)25)27-23(29)18-7-3-2-4-8-18/h2-15H,1H3,(H,26,30)(H,27,29)/b22-15+. The third kappa shape index (κ3) is 5.26. The molecule has 3 aromatic carbocycles. The number of anilines is 1. The number of nitrogens with one attached hydrogen (secondary N) is 2. The molecule has 0 saturated carbocycles. The Morgan fingerprint density at radius 3 is 2.07 bits per heavy atom. The molecule has 0 aliphatic rings. The molecule has 0 radical (unpaired) electrons. The lowest BCUT2D eigenvalue weighted by atomic mass is 10.1. The van der Waals surface area contributed by atoms with Crippen LogP contribution in [0.5, 0.6) is 0 Å². The predicted octanol–water partition coefficient (Wildman–Crippen LogP) is 4.44. The van der Waals surface area contributed by atoms with E-state index in [0.717, 1.165) is 0 Å². The number of hydrogen-bond acceptors (Lipinski definition) is 3. The second-order valence-corrected chi connectivity index (χ2v) is 6.49. The molecule has 0 aromatic heterocycles. The highest BCUT2D eigenvalue weighted by Crippen LogP contribution is 2.15. The Morgan fingerprint density at radius 2 is 1.43 bits per heavy atom. The molecule has 3 rings (SSSR count). The van der Waals surface area contributed by atoms with Gasteiger partial charge in [-0.3, -0.25) is 14.4 Å². The smallest absolute Gasteiger partial charge is 0.272 e. The normalized spacial score (nSPS) is 10.9. The van der Waals surface area contributed by atoms with Crippen LogP contribution >= 0.6 is 0 Å². The van der Waals surface area contributed by atoms with Gasteiger partial charge in [-0.1, -0.05) is 36.4 Å². The minimum Gasteiger partial charge on any atom is -0.321 e. The van der Waals surface area contributed by atoms with E-state index in [-0.39, 0.29) is 17.0 Å². The van der Waals surface area contributed by atoms with E-state index in [2.05, 4.69) is 10.6 Å². The Kier molecular flexibility index (Phi) is 6.49. The molecular formula is C24H19FN2O3. The van der Waals surface area contributed by atoms with E-state index in [1.807, 2.05) is 0 Å². The van der Waals surface area contributed by atoms with Gasteiger partial charge in [0, 0.05) is 22.4 Å². The molecule has 0 fully saturated rings. The zero-order valence-corrected chi connectivity index (χ0v) is 16.2. The van der Waals surface area contributed by atoms with Crippen LogP contribution in [-0.4, -0.2) is 17.6 Å². The Morgan fingerprint density at radius 1 is 0.800 bits per heavy atom. The molecule has 5 nitrogen and oxygen atoms in total. The lowest BCUT2D eigenvalue weighted by Crippen LogP contribution is -2.30. The topological polar surface area (TPSA) is 75.3 Å². The number of hydrogen-bond donors (Lipinski definition) is 2. The maximum absolute atomic E-state index is 14.1. The molecule has 0 heterocycles. The molecule has 0 aliphatic carbocycles. The van der Waals surface area contributed by atoms with Crippen molar-refractivity contribution >= 4 is 29.4 Å². The Balaban J connectivity index is 1.88. The van der Waals surface area contributed by atoms with Crippen LogP contribution < -0.4 is 10.6 Å². The van der Waals surface area contributed by atoms with Crippen molar-refractivity contribution in [3.05, 3.63) is 107 Å². The highest BCUT2D eigenvalue weighted by Gasteiger charge is 2.16. The monoisotopic (exact) mass is 402 g/mol. The second kappa shape index (κ2) is 9.43. The predicted molar refractivity (Wildman–Crippen MR) is 113 cm³/mol. The summed E-state index contributed by atoms with van der Waals surface area (Å²) >= 11 is 0. The first-order valence-corrected chi connectivity index (χ1v) is 9.19. The highest BCUT2D eigenvalue weighted by atomic mass is 19.1. The molecule has 30 heavy (non-hydrogen) atoms. The number of carbonyl (C=O) groups excluding carboxylic acids is 3. The fraction of sp³-hybridized carbons (Fsp3) is 0.0417. The molecule has 0 unspecified atom stereocenters. The van der Waals surface area contributed by atoms with Crippen molar-refractivity contribution in [2.75, 3.05) is 5.32 Å². The Hall–Kier alpha value is -4.06. The van der Waals surface area contributed by atoms with Gasteiger partial charge in [0.25, 0.3) is 11.8 Å². The first kappa shape index (κ1) is 20.7. The van der Waals surface area contributed by atoms with Crippen molar-refractivity contribution in [2.45, 2.75) is 6.92 Å². The molecule has 2 amide bonds. The summed E-state index contributed by atoms with van der Waals surface area (Å²) in [5.74, 6) is -1.75. The van der Waals surface area contributed by atoms with Crippen LogP contribution in [0.3, 0.4) is 0 Å². The van der Waals surface area contributed by atoms with Gasteiger partial charge in [-0.05, 0) is 55.5 Å².